The molecule has 22 heavy (non-hydrogen) atoms. The molecule has 0 spiro atoms. The van der Waals surface area contributed by atoms with Gasteiger partial charge in [0, 0.05) is 19.3 Å². The van der Waals surface area contributed by atoms with Crippen molar-refractivity contribution in [2.75, 3.05) is 25.6 Å². The lowest BCUT2D eigenvalue weighted by Gasteiger charge is -2.01. The maximum atomic E-state index is 12.8. The van der Waals surface area contributed by atoms with Gasteiger partial charge in [-0.05, 0) is 24.3 Å². The van der Waals surface area contributed by atoms with E-state index in [4.69, 9.17) is 4.74 Å². The van der Waals surface area contributed by atoms with Crippen LogP contribution in [0.5, 0.6) is 0 Å². The van der Waals surface area contributed by atoms with Gasteiger partial charge in [0.1, 0.15) is 5.82 Å². The van der Waals surface area contributed by atoms with Crippen molar-refractivity contribution in [2.24, 2.45) is 0 Å². The van der Waals surface area contributed by atoms with Gasteiger partial charge >= 0.3 is 0 Å². The van der Waals surface area contributed by atoms with Gasteiger partial charge in [-0.15, -0.1) is 10.2 Å². The molecule has 2 amide bonds. The zero-order valence-corrected chi connectivity index (χ0v) is 12.4. The van der Waals surface area contributed by atoms with Crippen molar-refractivity contribution in [3.05, 3.63) is 40.1 Å². The van der Waals surface area contributed by atoms with Gasteiger partial charge in [0.05, 0.1) is 6.61 Å². The fourth-order valence-electron chi connectivity index (χ4n) is 1.47. The van der Waals surface area contributed by atoms with Gasteiger partial charge in [-0.25, -0.2) is 4.39 Å². The van der Waals surface area contributed by atoms with Crippen LogP contribution in [0, 0.1) is 5.82 Å². The van der Waals surface area contributed by atoms with E-state index >= 15 is 0 Å². The number of aromatic nitrogens is 2. The molecule has 9 heteroatoms. The summed E-state index contributed by atoms with van der Waals surface area (Å²) in [5, 5.41) is 12.6. The summed E-state index contributed by atoms with van der Waals surface area (Å²) in [4.78, 5) is 23.7. The predicted molar refractivity (Wildman–Crippen MR) is 78.5 cm³/mol. The summed E-state index contributed by atoms with van der Waals surface area (Å²) < 4.78 is 17.6. The summed E-state index contributed by atoms with van der Waals surface area (Å²) in [6, 6.07) is 5.30. The number of carbonyl (C=O) groups is 2. The number of amides is 2. The normalized spacial score (nSPS) is 10.3. The number of ether oxygens (including phenoxy) is 1. The second-order valence-corrected chi connectivity index (χ2v) is 5.10. The number of hydrogen-bond donors (Lipinski definition) is 2. The van der Waals surface area contributed by atoms with Crippen LogP contribution in [0.4, 0.5) is 10.1 Å². The number of hydrogen-bond acceptors (Lipinski definition) is 6. The molecule has 0 saturated carbocycles. The lowest BCUT2D eigenvalue weighted by atomic mass is 10.3. The van der Waals surface area contributed by atoms with Crippen molar-refractivity contribution in [1.29, 1.82) is 0 Å². The first-order valence-electron chi connectivity index (χ1n) is 6.27. The van der Waals surface area contributed by atoms with E-state index in [1.807, 2.05) is 0 Å². The van der Waals surface area contributed by atoms with Crippen LogP contribution in [0.15, 0.2) is 24.3 Å². The standard InChI is InChI=1S/C13H13FN4O3S/c1-21-7-6-15-10(19)12-17-18-13(22-12)11(20)16-9-4-2-8(14)3-5-9/h2-5H,6-7H2,1H3,(H,15,19)(H,16,20). The molecule has 0 aliphatic carbocycles. The summed E-state index contributed by atoms with van der Waals surface area (Å²) in [5.41, 5.74) is 0.424. The lowest BCUT2D eigenvalue weighted by molar-refractivity contribution is 0.0935. The molecule has 1 aromatic heterocycles. The molecule has 0 aliphatic rings. The molecule has 2 rings (SSSR count). The number of nitrogens with zero attached hydrogens (tertiary/aromatic N) is 2. The lowest BCUT2D eigenvalue weighted by Crippen LogP contribution is -2.26. The number of nitrogens with one attached hydrogen (secondary N) is 2. The molecule has 116 valence electrons. The SMILES string of the molecule is COCCNC(=O)c1nnc(C(=O)Nc2ccc(F)cc2)s1. The van der Waals surface area contributed by atoms with Gasteiger partial charge in [-0.1, -0.05) is 11.3 Å². The van der Waals surface area contributed by atoms with Gasteiger partial charge < -0.3 is 15.4 Å². The van der Waals surface area contributed by atoms with E-state index in [2.05, 4.69) is 20.8 Å². The smallest absolute Gasteiger partial charge is 0.286 e. The van der Waals surface area contributed by atoms with Crippen LogP contribution in [-0.2, 0) is 4.74 Å². The summed E-state index contributed by atoms with van der Waals surface area (Å²) in [7, 11) is 1.52. The largest absolute Gasteiger partial charge is 0.383 e. The number of anilines is 1. The Bertz CT molecular complexity index is 660. The van der Waals surface area contributed by atoms with Crippen LogP contribution >= 0.6 is 11.3 Å². The maximum absolute atomic E-state index is 12.8. The van der Waals surface area contributed by atoms with E-state index in [1.54, 1.807) is 0 Å². The van der Waals surface area contributed by atoms with Crippen LogP contribution < -0.4 is 10.6 Å². The number of methoxy groups -OCH3 is 1. The Balaban J connectivity index is 1.96. The Morgan fingerprint density at radius 2 is 1.82 bits per heavy atom. The second kappa shape index (κ2) is 7.57. The van der Waals surface area contributed by atoms with E-state index in [9.17, 15) is 14.0 Å². The zero-order chi connectivity index (χ0) is 15.9. The highest BCUT2D eigenvalue weighted by molar-refractivity contribution is 7.15. The van der Waals surface area contributed by atoms with Crippen molar-refractivity contribution in [3.8, 4) is 0 Å². The zero-order valence-electron chi connectivity index (χ0n) is 11.6. The molecule has 0 bridgehead atoms. The summed E-state index contributed by atoms with van der Waals surface area (Å²) >= 11 is 0.868. The Kier molecular flexibility index (Phi) is 5.50. The Labute approximate surface area is 129 Å². The highest BCUT2D eigenvalue weighted by Gasteiger charge is 2.17. The fourth-order valence-corrected chi connectivity index (χ4v) is 2.12. The molecule has 0 radical (unpaired) electrons. The minimum atomic E-state index is -0.514. The quantitative estimate of drug-likeness (QED) is 0.781. The molecule has 0 aliphatic heterocycles. The Hall–Kier alpha value is -2.39. The minimum Gasteiger partial charge on any atom is -0.383 e. The number of halogens is 1. The van der Waals surface area contributed by atoms with E-state index in [-0.39, 0.29) is 10.0 Å². The van der Waals surface area contributed by atoms with Crippen LogP contribution in [0.3, 0.4) is 0 Å². The summed E-state index contributed by atoms with van der Waals surface area (Å²) in [5.74, 6) is -1.33. The molecular formula is C13H13FN4O3S. The molecule has 0 saturated heterocycles. The third-order valence-electron chi connectivity index (χ3n) is 2.51. The van der Waals surface area contributed by atoms with Crippen LogP contribution in [0.2, 0.25) is 0 Å². The molecule has 1 aromatic carbocycles. The second-order valence-electron chi connectivity index (χ2n) is 4.12. The molecule has 2 aromatic rings. The fraction of sp³-hybridized carbons (Fsp3) is 0.231. The Morgan fingerprint density at radius 3 is 2.45 bits per heavy atom. The predicted octanol–water partition coefficient (Wildman–Crippen LogP) is 1.31. The minimum absolute atomic E-state index is 0.0428. The van der Waals surface area contributed by atoms with Gasteiger partial charge in [-0.3, -0.25) is 9.59 Å². The van der Waals surface area contributed by atoms with Crippen LogP contribution in [0.25, 0.3) is 0 Å². The van der Waals surface area contributed by atoms with Crippen molar-refractivity contribution in [2.45, 2.75) is 0 Å². The van der Waals surface area contributed by atoms with E-state index in [0.29, 0.717) is 18.8 Å². The van der Waals surface area contributed by atoms with E-state index < -0.39 is 17.6 Å². The molecule has 2 N–H and O–H groups in total. The first-order chi connectivity index (χ1) is 10.6. The van der Waals surface area contributed by atoms with Gasteiger partial charge in [0.15, 0.2) is 0 Å². The van der Waals surface area contributed by atoms with Gasteiger partial charge in [0.2, 0.25) is 10.0 Å². The summed E-state index contributed by atoms with van der Waals surface area (Å²) in [6.45, 7) is 0.717. The van der Waals surface area contributed by atoms with Gasteiger partial charge in [0.25, 0.3) is 11.8 Å². The number of rotatable bonds is 6. The van der Waals surface area contributed by atoms with E-state index in [1.165, 1.54) is 31.4 Å². The number of carbonyl (C=O) groups excluding carboxylic acids is 2. The molecule has 7 nitrogen and oxygen atoms in total. The topological polar surface area (TPSA) is 93.2 Å². The highest BCUT2D eigenvalue weighted by atomic mass is 32.1. The van der Waals surface area contributed by atoms with Crippen LogP contribution in [0.1, 0.15) is 19.6 Å². The molecule has 0 atom stereocenters. The van der Waals surface area contributed by atoms with Crippen molar-refractivity contribution in [3.63, 3.8) is 0 Å². The number of benzene rings is 1. The highest BCUT2D eigenvalue weighted by Crippen LogP contribution is 2.13. The first kappa shape index (κ1) is 16.0. The maximum Gasteiger partial charge on any atom is 0.286 e. The molecule has 1 heterocycles. The third-order valence-corrected chi connectivity index (χ3v) is 3.43. The average Bonchev–Trinajstić information content (AvgIpc) is 3.00. The monoisotopic (exact) mass is 324 g/mol. The van der Waals surface area contributed by atoms with Gasteiger partial charge in [-0.2, -0.15) is 0 Å². The summed E-state index contributed by atoms with van der Waals surface area (Å²) in [6.07, 6.45) is 0. The average molecular weight is 324 g/mol. The molecular weight excluding hydrogens is 311 g/mol. The Morgan fingerprint density at radius 1 is 1.18 bits per heavy atom. The van der Waals surface area contributed by atoms with E-state index in [0.717, 1.165) is 11.3 Å². The third kappa shape index (κ3) is 4.30. The molecule has 0 fully saturated rings. The van der Waals surface area contributed by atoms with Crippen LogP contribution in [-0.4, -0.2) is 42.3 Å². The first-order valence-corrected chi connectivity index (χ1v) is 7.09. The van der Waals surface area contributed by atoms with Crippen molar-refractivity contribution in [1.82, 2.24) is 15.5 Å². The van der Waals surface area contributed by atoms with Crippen molar-refractivity contribution < 1.29 is 18.7 Å². The molecule has 0 unspecified atom stereocenters. The van der Waals surface area contributed by atoms with Crippen molar-refractivity contribution >= 4 is 28.8 Å².